The molecule has 1 aliphatic heterocycles. The van der Waals surface area contributed by atoms with E-state index in [9.17, 15) is 0 Å². The second-order valence-corrected chi connectivity index (χ2v) is 10.6. The van der Waals surface area contributed by atoms with Crippen molar-refractivity contribution in [2.45, 2.75) is 65.7 Å². The third kappa shape index (κ3) is 3.16. The van der Waals surface area contributed by atoms with Gasteiger partial charge in [0.1, 0.15) is 18.3 Å². The Morgan fingerprint density at radius 1 is 1.09 bits per heavy atom. The van der Waals surface area contributed by atoms with Crippen molar-refractivity contribution in [1.82, 2.24) is 4.98 Å². The third-order valence-corrected chi connectivity index (χ3v) is 7.82. The maximum absolute atomic E-state index is 6.64. The fourth-order valence-corrected chi connectivity index (χ4v) is 6.15. The highest BCUT2D eigenvalue weighted by Crippen LogP contribution is 2.48. The van der Waals surface area contributed by atoms with E-state index in [2.05, 4.69) is 75.7 Å². The van der Waals surface area contributed by atoms with Gasteiger partial charge >= 0.3 is 0 Å². The average Bonchev–Trinajstić information content (AvgIpc) is 3.30. The number of para-hydroxylation sites is 1. The number of nitrogens with zero attached hydrogens (tertiary/aromatic N) is 2. The molecule has 2 heterocycles. The number of fused-ring (bicyclic) bond motifs is 3. The standard InChI is InChI=1S/C30H33N2O/c1-17(2)13-20-15-22-14-18(3)19(4)26-27(22)25(16-20)33-30-29(26)32(5)24-12-8-11-23(28(24)31-30)21-9-6-7-10-21/h8,11-12,14-17,21H,6-7,9-10,13H2,1-5H3/q+1. The molecule has 1 fully saturated rings. The van der Waals surface area contributed by atoms with E-state index in [1.54, 1.807) is 0 Å². The Kier molecular flexibility index (Phi) is 4.72. The van der Waals surface area contributed by atoms with E-state index in [4.69, 9.17) is 9.72 Å². The molecule has 0 bridgehead atoms. The molecule has 4 aromatic rings. The topological polar surface area (TPSA) is 26.0 Å². The van der Waals surface area contributed by atoms with Gasteiger partial charge in [0.15, 0.2) is 0 Å². The van der Waals surface area contributed by atoms with Crippen LogP contribution in [0.2, 0.25) is 0 Å². The predicted molar refractivity (Wildman–Crippen MR) is 135 cm³/mol. The smallest absolute Gasteiger partial charge is 0.294 e. The van der Waals surface area contributed by atoms with Crippen molar-refractivity contribution in [3.8, 4) is 22.9 Å². The first kappa shape index (κ1) is 20.7. The van der Waals surface area contributed by atoms with Gasteiger partial charge in [-0.15, -0.1) is 0 Å². The minimum absolute atomic E-state index is 0.602. The second-order valence-electron chi connectivity index (χ2n) is 10.6. The molecule has 1 saturated carbocycles. The Hall–Kier alpha value is -2.94. The highest BCUT2D eigenvalue weighted by molar-refractivity contribution is 6.05. The van der Waals surface area contributed by atoms with Crippen LogP contribution in [0.1, 0.15) is 67.7 Å². The van der Waals surface area contributed by atoms with E-state index in [1.165, 1.54) is 69.8 Å². The highest BCUT2D eigenvalue weighted by Gasteiger charge is 2.34. The summed E-state index contributed by atoms with van der Waals surface area (Å²) in [4.78, 5) is 5.23. The van der Waals surface area contributed by atoms with Crippen molar-refractivity contribution < 1.29 is 9.30 Å². The van der Waals surface area contributed by atoms with Crippen molar-refractivity contribution in [3.63, 3.8) is 0 Å². The van der Waals surface area contributed by atoms with Crippen LogP contribution in [0, 0.1) is 19.8 Å². The van der Waals surface area contributed by atoms with Crippen LogP contribution in [-0.2, 0) is 13.5 Å². The summed E-state index contributed by atoms with van der Waals surface area (Å²) in [5, 5.41) is 2.49. The van der Waals surface area contributed by atoms with E-state index in [0.29, 0.717) is 11.8 Å². The number of hydrogen-bond donors (Lipinski definition) is 0. The van der Waals surface area contributed by atoms with Crippen LogP contribution >= 0.6 is 0 Å². The van der Waals surface area contributed by atoms with Crippen LogP contribution in [0.25, 0.3) is 33.1 Å². The Morgan fingerprint density at radius 3 is 2.64 bits per heavy atom. The van der Waals surface area contributed by atoms with Gasteiger partial charge < -0.3 is 4.74 Å². The molecule has 0 unspecified atom stereocenters. The van der Waals surface area contributed by atoms with Crippen molar-refractivity contribution in [1.29, 1.82) is 0 Å². The van der Waals surface area contributed by atoms with Crippen LogP contribution in [-0.4, -0.2) is 4.98 Å². The van der Waals surface area contributed by atoms with E-state index < -0.39 is 0 Å². The van der Waals surface area contributed by atoms with Gasteiger partial charge in [0, 0.05) is 11.5 Å². The summed E-state index contributed by atoms with van der Waals surface area (Å²) < 4.78 is 8.96. The van der Waals surface area contributed by atoms with Gasteiger partial charge in [-0.2, -0.15) is 4.57 Å². The van der Waals surface area contributed by atoms with E-state index in [0.717, 1.165) is 29.3 Å². The van der Waals surface area contributed by atoms with Crippen molar-refractivity contribution in [2.24, 2.45) is 13.0 Å². The molecule has 33 heavy (non-hydrogen) atoms. The molecule has 168 valence electrons. The van der Waals surface area contributed by atoms with Crippen LogP contribution in [0.5, 0.6) is 11.6 Å². The minimum Gasteiger partial charge on any atom is -0.433 e. The van der Waals surface area contributed by atoms with E-state index in [1.807, 2.05) is 0 Å². The molecule has 0 N–H and O–H groups in total. The molecule has 0 amide bonds. The molecule has 0 radical (unpaired) electrons. The lowest BCUT2D eigenvalue weighted by atomic mass is 9.89. The van der Waals surface area contributed by atoms with Crippen LogP contribution in [0.4, 0.5) is 0 Å². The highest BCUT2D eigenvalue weighted by atomic mass is 16.5. The molecule has 0 saturated heterocycles. The predicted octanol–water partition coefficient (Wildman–Crippen LogP) is 7.46. The van der Waals surface area contributed by atoms with Gasteiger partial charge in [0.2, 0.25) is 5.52 Å². The normalized spacial score (nSPS) is 15.5. The van der Waals surface area contributed by atoms with Gasteiger partial charge in [0.25, 0.3) is 11.6 Å². The molecule has 1 aromatic heterocycles. The van der Waals surface area contributed by atoms with Crippen molar-refractivity contribution in [3.05, 3.63) is 58.7 Å². The molecule has 0 atom stereocenters. The summed E-state index contributed by atoms with van der Waals surface area (Å²) in [6, 6.07) is 13.6. The largest absolute Gasteiger partial charge is 0.433 e. The van der Waals surface area contributed by atoms with Crippen LogP contribution in [0.3, 0.4) is 0 Å². The zero-order valence-electron chi connectivity index (χ0n) is 20.5. The zero-order valence-corrected chi connectivity index (χ0v) is 20.5. The van der Waals surface area contributed by atoms with Gasteiger partial charge in [0.05, 0.1) is 5.56 Å². The summed E-state index contributed by atoms with van der Waals surface area (Å²) >= 11 is 0. The molecule has 1 aliphatic carbocycles. The number of aromatic nitrogens is 2. The molecule has 3 heteroatoms. The number of rotatable bonds is 3. The van der Waals surface area contributed by atoms with E-state index in [-0.39, 0.29) is 0 Å². The maximum atomic E-state index is 6.64. The quantitative estimate of drug-likeness (QED) is 0.274. The molecular formula is C30H33N2O+. The second kappa shape index (κ2) is 7.55. The minimum atomic E-state index is 0.602. The molecule has 6 rings (SSSR count). The first-order valence-corrected chi connectivity index (χ1v) is 12.5. The zero-order chi connectivity index (χ0) is 22.9. The fraction of sp³-hybridized carbons (Fsp3) is 0.400. The van der Waals surface area contributed by atoms with Gasteiger partial charge in [-0.05, 0) is 78.7 Å². The van der Waals surface area contributed by atoms with Crippen molar-refractivity contribution in [2.75, 3.05) is 0 Å². The summed E-state index contributed by atoms with van der Waals surface area (Å²) in [6.45, 7) is 9.01. The first-order valence-electron chi connectivity index (χ1n) is 12.5. The Balaban J connectivity index is 1.66. The number of hydrogen-bond acceptors (Lipinski definition) is 2. The lowest BCUT2D eigenvalue weighted by Crippen LogP contribution is -2.34. The number of benzene rings is 3. The SMILES string of the molecule is Cc1cc2cc(CC(C)C)cc3c2c(c1C)-c1c(nc2c(C4CCCC4)cccc2[n+]1C)O3. The summed E-state index contributed by atoms with van der Waals surface area (Å²) in [7, 11) is 2.18. The number of ether oxygens (including phenoxy) is 1. The molecular weight excluding hydrogens is 404 g/mol. The maximum Gasteiger partial charge on any atom is 0.294 e. The fourth-order valence-electron chi connectivity index (χ4n) is 6.15. The Morgan fingerprint density at radius 2 is 1.88 bits per heavy atom. The third-order valence-electron chi connectivity index (χ3n) is 7.82. The number of aryl methyl sites for hydroxylation is 2. The van der Waals surface area contributed by atoms with Gasteiger partial charge in [-0.25, -0.2) is 4.98 Å². The summed E-state index contributed by atoms with van der Waals surface area (Å²) in [6.07, 6.45) is 6.22. The van der Waals surface area contributed by atoms with Gasteiger partial charge in [-0.3, -0.25) is 0 Å². The van der Waals surface area contributed by atoms with E-state index >= 15 is 0 Å². The van der Waals surface area contributed by atoms with Crippen LogP contribution in [0.15, 0.2) is 36.4 Å². The first-order chi connectivity index (χ1) is 15.9. The van der Waals surface area contributed by atoms with Crippen molar-refractivity contribution >= 4 is 21.8 Å². The Bertz CT molecular complexity index is 1430. The summed E-state index contributed by atoms with van der Waals surface area (Å²) in [5.41, 5.74) is 10.0. The van der Waals surface area contributed by atoms with Crippen LogP contribution < -0.4 is 9.30 Å². The molecule has 3 aromatic carbocycles. The summed E-state index contributed by atoms with van der Waals surface area (Å²) in [5.74, 6) is 2.92. The lowest BCUT2D eigenvalue weighted by molar-refractivity contribution is -0.634. The Labute approximate surface area is 196 Å². The average molecular weight is 438 g/mol. The molecule has 3 nitrogen and oxygen atoms in total. The molecule has 2 aliphatic rings. The molecule has 0 spiro atoms. The lowest BCUT2D eigenvalue weighted by Gasteiger charge is -2.23. The monoisotopic (exact) mass is 437 g/mol. The van der Waals surface area contributed by atoms with Gasteiger partial charge in [-0.1, -0.05) is 51.0 Å².